The second kappa shape index (κ2) is 9.33. The zero-order valence-corrected chi connectivity index (χ0v) is 14.7. The molecule has 1 saturated heterocycles. The molecule has 0 N–H and O–H groups in total. The van der Waals surface area contributed by atoms with Crippen molar-refractivity contribution in [1.82, 2.24) is 0 Å². The van der Waals surface area contributed by atoms with Crippen molar-refractivity contribution in [1.29, 1.82) is 0 Å². The van der Waals surface area contributed by atoms with E-state index in [1.807, 2.05) is 0 Å². The third kappa shape index (κ3) is 6.31. The van der Waals surface area contributed by atoms with Crippen LogP contribution in [0.25, 0.3) is 0 Å². The molecule has 1 heterocycles. The van der Waals surface area contributed by atoms with Crippen molar-refractivity contribution in [3.63, 3.8) is 0 Å². The van der Waals surface area contributed by atoms with Crippen LogP contribution in [-0.4, -0.2) is 68.3 Å². The molecule has 0 aromatic heterocycles. The van der Waals surface area contributed by atoms with Crippen molar-refractivity contribution in [2.24, 2.45) is 0 Å². The first-order chi connectivity index (χ1) is 11.6. The third-order valence-corrected chi connectivity index (χ3v) is 3.16. The van der Waals surface area contributed by atoms with Gasteiger partial charge in [0.1, 0.15) is 0 Å². The lowest BCUT2D eigenvalue weighted by atomic mass is 10.0. The lowest BCUT2D eigenvalue weighted by molar-refractivity contribution is -0.221. The first-order valence-corrected chi connectivity index (χ1v) is 7.49. The monoisotopic (exact) mass is 362 g/mol. The molecule has 5 atom stereocenters. The van der Waals surface area contributed by atoms with Crippen LogP contribution in [0.2, 0.25) is 0 Å². The summed E-state index contributed by atoms with van der Waals surface area (Å²) in [4.78, 5) is 45.8. The first-order valence-electron chi connectivity index (χ1n) is 7.49. The summed E-state index contributed by atoms with van der Waals surface area (Å²) in [7, 11) is 1.29. The molecule has 25 heavy (non-hydrogen) atoms. The van der Waals surface area contributed by atoms with Crippen LogP contribution in [0.1, 0.15) is 27.7 Å². The standard InChI is InChI=1S/C15H22O10/c1-7(16)22-11-6-21-15(20-5)14(25-10(4)19)13(24-9(3)18)12(11)23-8(2)17/h11-15H,6H2,1-5H3. The molecule has 0 aliphatic carbocycles. The molecule has 1 fully saturated rings. The molecule has 5 unspecified atom stereocenters. The van der Waals surface area contributed by atoms with Crippen LogP contribution in [0.5, 0.6) is 0 Å². The molecular weight excluding hydrogens is 340 g/mol. The summed E-state index contributed by atoms with van der Waals surface area (Å²) in [6.45, 7) is 4.34. The van der Waals surface area contributed by atoms with Crippen LogP contribution in [0, 0.1) is 0 Å². The molecule has 0 spiro atoms. The van der Waals surface area contributed by atoms with Gasteiger partial charge in [0.25, 0.3) is 0 Å². The number of esters is 4. The van der Waals surface area contributed by atoms with Crippen LogP contribution < -0.4 is 0 Å². The number of carbonyl (C=O) groups excluding carboxylic acids is 4. The molecule has 1 rings (SSSR count). The first kappa shape index (κ1) is 20.8. The zero-order chi connectivity index (χ0) is 19.1. The molecule has 0 aromatic carbocycles. The van der Waals surface area contributed by atoms with Crippen molar-refractivity contribution in [2.45, 2.75) is 58.4 Å². The van der Waals surface area contributed by atoms with Gasteiger partial charge in [0.15, 0.2) is 30.7 Å². The minimum Gasteiger partial charge on any atom is -0.456 e. The highest BCUT2D eigenvalue weighted by molar-refractivity contribution is 5.69. The highest BCUT2D eigenvalue weighted by atomic mass is 16.7. The average Bonchev–Trinajstić information content (AvgIpc) is 2.58. The van der Waals surface area contributed by atoms with Crippen molar-refractivity contribution in [3.8, 4) is 0 Å². The minimum atomic E-state index is -1.30. The molecule has 0 amide bonds. The Labute approximate surface area is 144 Å². The SMILES string of the molecule is COC1OCC(OC(C)=O)C(OC(C)=O)C(OC(C)=O)C1OC(C)=O. The van der Waals surface area contributed by atoms with E-state index in [9.17, 15) is 19.2 Å². The van der Waals surface area contributed by atoms with E-state index in [0.717, 1.165) is 27.7 Å². The second-order valence-corrected chi connectivity index (χ2v) is 5.31. The fourth-order valence-corrected chi connectivity index (χ4v) is 2.42. The number of hydrogen-bond donors (Lipinski definition) is 0. The molecule has 10 heteroatoms. The summed E-state index contributed by atoms with van der Waals surface area (Å²) in [5.74, 6) is -2.79. The van der Waals surface area contributed by atoms with Gasteiger partial charge in [-0.2, -0.15) is 0 Å². The van der Waals surface area contributed by atoms with E-state index in [4.69, 9.17) is 28.4 Å². The maximum absolute atomic E-state index is 11.5. The average molecular weight is 362 g/mol. The number of rotatable bonds is 5. The van der Waals surface area contributed by atoms with Gasteiger partial charge in [-0.3, -0.25) is 19.2 Å². The Bertz CT molecular complexity index is 516. The van der Waals surface area contributed by atoms with Crippen LogP contribution in [-0.2, 0) is 47.6 Å². The predicted molar refractivity (Wildman–Crippen MR) is 79.0 cm³/mol. The van der Waals surface area contributed by atoms with E-state index in [1.165, 1.54) is 7.11 Å². The summed E-state index contributed by atoms with van der Waals surface area (Å²) >= 11 is 0. The topological polar surface area (TPSA) is 124 Å². The fourth-order valence-electron chi connectivity index (χ4n) is 2.42. The smallest absolute Gasteiger partial charge is 0.303 e. The molecule has 0 aromatic rings. The normalized spacial score (nSPS) is 29.1. The number of methoxy groups -OCH3 is 1. The van der Waals surface area contributed by atoms with Gasteiger partial charge in [0.05, 0.1) is 6.61 Å². The predicted octanol–water partition coefficient (Wildman–Crippen LogP) is -0.284. The Hall–Kier alpha value is -2.20. The molecule has 1 aliphatic heterocycles. The summed E-state index contributed by atoms with van der Waals surface area (Å²) in [5, 5.41) is 0. The zero-order valence-electron chi connectivity index (χ0n) is 14.7. The van der Waals surface area contributed by atoms with Gasteiger partial charge in [-0.1, -0.05) is 0 Å². The van der Waals surface area contributed by atoms with Gasteiger partial charge >= 0.3 is 23.9 Å². The molecule has 142 valence electrons. The van der Waals surface area contributed by atoms with Gasteiger partial charge in [-0.25, -0.2) is 0 Å². The summed E-state index contributed by atoms with van der Waals surface area (Å²) in [5.41, 5.74) is 0. The van der Waals surface area contributed by atoms with E-state index in [2.05, 4.69) is 0 Å². The highest BCUT2D eigenvalue weighted by Crippen LogP contribution is 2.26. The quantitative estimate of drug-likeness (QED) is 0.476. The number of carbonyl (C=O) groups is 4. The number of ether oxygens (including phenoxy) is 6. The van der Waals surface area contributed by atoms with Crippen molar-refractivity contribution >= 4 is 23.9 Å². The van der Waals surface area contributed by atoms with E-state index >= 15 is 0 Å². The number of hydrogen-bond acceptors (Lipinski definition) is 10. The van der Waals surface area contributed by atoms with Crippen molar-refractivity contribution in [3.05, 3.63) is 0 Å². The second-order valence-electron chi connectivity index (χ2n) is 5.31. The van der Waals surface area contributed by atoms with Crippen LogP contribution in [0.15, 0.2) is 0 Å². The molecule has 1 aliphatic rings. The molecule has 10 nitrogen and oxygen atoms in total. The van der Waals surface area contributed by atoms with Gasteiger partial charge in [0.2, 0.25) is 0 Å². The van der Waals surface area contributed by atoms with Gasteiger partial charge in [-0.15, -0.1) is 0 Å². The highest BCUT2D eigenvalue weighted by Gasteiger charge is 2.50. The van der Waals surface area contributed by atoms with Gasteiger partial charge < -0.3 is 28.4 Å². The minimum absolute atomic E-state index is 0.231. The van der Waals surface area contributed by atoms with Crippen molar-refractivity contribution < 1.29 is 47.6 Å². The van der Waals surface area contributed by atoms with Crippen molar-refractivity contribution in [2.75, 3.05) is 13.7 Å². The maximum atomic E-state index is 11.5. The lowest BCUT2D eigenvalue weighted by Crippen LogP contribution is -2.53. The lowest BCUT2D eigenvalue weighted by Gasteiger charge is -2.33. The Balaban J connectivity index is 3.31. The summed E-state index contributed by atoms with van der Waals surface area (Å²) in [6.07, 6.45) is -6.02. The third-order valence-electron chi connectivity index (χ3n) is 3.16. The van der Waals surface area contributed by atoms with E-state index in [0.29, 0.717) is 0 Å². The van der Waals surface area contributed by atoms with Crippen LogP contribution in [0.4, 0.5) is 0 Å². The van der Waals surface area contributed by atoms with Gasteiger partial charge in [-0.05, 0) is 0 Å². The fraction of sp³-hybridized carbons (Fsp3) is 0.733. The van der Waals surface area contributed by atoms with E-state index < -0.39 is 54.6 Å². The van der Waals surface area contributed by atoms with E-state index in [-0.39, 0.29) is 6.61 Å². The summed E-state index contributed by atoms with van der Waals surface area (Å²) < 4.78 is 31.2. The van der Waals surface area contributed by atoms with Gasteiger partial charge in [0, 0.05) is 34.8 Å². The molecule has 0 saturated carbocycles. The largest absolute Gasteiger partial charge is 0.456 e. The Morgan fingerprint density at radius 1 is 0.720 bits per heavy atom. The van der Waals surface area contributed by atoms with E-state index in [1.54, 1.807) is 0 Å². The molecule has 0 radical (unpaired) electrons. The Morgan fingerprint density at radius 3 is 1.60 bits per heavy atom. The Morgan fingerprint density at radius 2 is 1.16 bits per heavy atom. The molecular formula is C15H22O10. The molecule has 0 bridgehead atoms. The summed E-state index contributed by atoms with van der Waals surface area (Å²) in [6, 6.07) is 0. The van der Waals surface area contributed by atoms with Crippen LogP contribution in [0.3, 0.4) is 0 Å². The van der Waals surface area contributed by atoms with Crippen LogP contribution >= 0.6 is 0 Å². The maximum Gasteiger partial charge on any atom is 0.303 e. The Kier molecular flexibility index (Phi) is 7.78.